The van der Waals surface area contributed by atoms with Crippen LogP contribution >= 0.6 is 0 Å². The quantitative estimate of drug-likeness (QED) is 0.890. The number of hydrogen-bond acceptors (Lipinski definition) is 3. The van der Waals surface area contributed by atoms with Crippen LogP contribution in [0, 0.1) is 0 Å². The molecule has 0 radical (unpaired) electrons. The molecule has 0 aromatic heterocycles. The fourth-order valence-corrected chi connectivity index (χ4v) is 2.39. The average molecular weight is 249 g/mol. The lowest BCUT2D eigenvalue weighted by molar-refractivity contribution is 0.236. The summed E-state index contributed by atoms with van der Waals surface area (Å²) >= 11 is 0. The van der Waals surface area contributed by atoms with Crippen LogP contribution in [0.5, 0.6) is 5.75 Å². The maximum atomic E-state index is 8.94. The molecule has 100 valence electrons. The summed E-state index contributed by atoms with van der Waals surface area (Å²) in [6.07, 6.45) is 1.80. The van der Waals surface area contributed by atoms with E-state index in [9.17, 15) is 0 Å². The normalized spacial score (nSPS) is 18.7. The van der Waals surface area contributed by atoms with Gasteiger partial charge in [0, 0.05) is 13.7 Å². The van der Waals surface area contributed by atoms with Gasteiger partial charge in [0.15, 0.2) is 0 Å². The molecule has 1 heterocycles. The Morgan fingerprint density at radius 1 is 1.44 bits per heavy atom. The standard InChI is InChI=1S/C15H23NO2/c1-11(2)12-6-7-15-14(9-12)16(3)13(10-18-15)5-4-8-17/h6-7,9,11,13,17H,4-5,8,10H2,1-3H3. The van der Waals surface area contributed by atoms with E-state index in [1.165, 1.54) is 11.3 Å². The molecule has 18 heavy (non-hydrogen) atoms. The first-order valence-corrected chi connectivity index (χ1v) is 6.74. The van der Waals surface area contributed by atoms with Gasteiger partial charge in [0.25, 0.3) is 0 Å². The van der Waals surface area contributed by atoms with Crippen LogP contribution in [0.4, 0.5) is 5.69 Å². The number of benzene rings is 1. The lowest BCUT2D eigenvalue weighted by Gasteiger charge is -2.36. The third kappa shape index (κ3) is 2.61. The van der Waals surface area contributed by atoms with E-state index in [1.807, 2.05) is 0 Å². The predicted octanol–water partition coefficient (Wildman–Crippen LogP) is 2.78. The summed E-state index contributed by atoms with van der Waals surface area (Å²) in [5, 5.41) is 8.94. The molecule has 0 bridgehead atoms. The number of aliphatic hydroxyl groups is 1. The largest absolute Gasteiger partial charge is 0.489 e. The van der Waals surface area contributed by atoms with Crippen LogP contribution in [0.25, 0.3) is 0 Å². The van der Waals surface area contributed by atoms with Crippen molar-refractivity contribution in [2.24, 2.45) is 0 Å². The first kappa shape index (κ1) is 13.2. The van der Waals surface area contributed by atoms with Gasteiger partial charge in [-0.25, -0.2) is 0 Å². The Hall–Kier alpha value is -1.22. The lowest BCUT2D eigenvalue weighted by atomic mass is 10.0. The SMILES string of the molecule is CC(C)c1ccc2c(c1)N(C)C(CCCO)CO2. The van der Waals surface area contributed by atoms with Gasteiger partial charge in [0.05, 0.1) is 11.7 Å². The summed E-state index contributed by atoms with van der Waals surface area (Å²) in [6, 6.07) is 6.81. The smallest absolute Gasteiger partial charge is 0.142 e. The van der Waals surface area contributed by atoms with Crippen LogP contribution in [0.3, 0.4) is 0 Å². The zero-order valence-electron chi connectivity index (χ0n) is 11.5. The molecule has 0 saturated carbocycles. The van der Waals surface area contributed by atoms with Gasteiger partial charge in [0.1, 0.15) is 12.4 Å². The van der Waals surface area contributed by atoms with E-state index in [1.54, 1.807) is 0 Å². The molecule has 0 spiro atoms. The molecule has 1 N–H and O–H groups in total. The number of likely N-dealkylation sites (N-methyl/N-ethyl adjacent to an activating group) is 1. The van der Waals surface area contributed by atoms with Crippen molar-refractivity contribution in [1.29, 1.82) is 0 Å². The van der Waals surface area contributed by atoms with Crippen molar-refractivity contribution in [2.75, 3.05) is 25.2 Å². The Kier molecular flexibility index (Phi) is 4.12. The highest BCUT2D eigenvalue weighted by Gasteiger charge is 2.24. The first-order chi connectivity index (χ1) is 8.63. The summed E-state index contributed by atoms with van der Waals surface area (Å²) in [7, 11) is 2.12. The van der Waals surface area contributed by atoms with Gasteiger partial charge in [-0.1, -0.05) is 19.9 Å². The molecule has 1 unspecified atom stereocenters. The lowest BCUT2D eigenvalue weighted by Crippen LogP contribution is -2.40. The second-order valence-corrected chi connectivity index (χ2v) is 5.32. The molecule has 0 saturated heterocycles. The molecular formula is C15H23NO2. The molecule has 1 aliphatic rings. The van der Waals surface area contributed by atoms with Gasteiger partial charge >= 0.3 is 0 Å². The van der Waals surface area contributed by atoms with Crippen LogP contribution in [0.2, 0.25) is 0 Å². The van der Waals surface area contributed by atoms with E-state index < -0.39 is 0 Å². The van der Waals surface area contributed by atoms with Crippen LogP contribution in [-0.4, -0.2) is 31.4 Å². The highest BCUT2D eigenvalue weighted by molar-refractivity contribution is 5.62. The maximum Gasteiger partial charge on any atom is 0.142 e. The number of hydrogen-bond donors (Lipinski definition) is 1. The number of aliphatic hydroxyl groups excluding tert-OH is 1. The van der Waals surface area contributed by atoms with Crippen molar-refractivity contribution >= 4 is 5.69 Å². The Morgan fingerprint density at radius 3 is 2.89 bits per heavy atom. The molecule has 1 aliphatic heterocycles. The van der Waals surface area contributed by atoms with Crippen molar-refractivity contribution in [3.63, 3.8) is 0 Å². The molecule has 3 nitrogen and oxygen atoms in total. The minimum Gasteiger partial charge on any atom is -0.489 e. The zero-order chi connectivity index (χ0) is 13.1. The van der Waals surface area contributed by atoms with E-state index >= 15 is 0 Å². The van der Waals surface area contributed by atoms with E-state index in [4.69, 9.17) is 9.84 Å². The fraction of sp³-hybridized carbons (Fsp3) is 0.600. The highest BCUT2D eigenvalue weighted by Crippen LogP contribution is 2.36. The Morgan fingerprint density at radius 2 is 2.22 bits per heavy atom. The Labute approximate surface area is 109 Å². The van der Waals surface area contributed by atoms with Crippen molar-refractivity contribution in [1.82, 2.24) is 0 Å². The topological polar surface area (TPSA) is 32.7 Å². The molecule has 0 aliphatic carbocycles. The van der Waals surface area contributed by atoms with Crippen molar-refractivity contribution in [2.45, 2.75) is 38.6 Å². The molecule has 1 aromatic carbocycles. The van der Waals surface area contributed by atoms with E-state index in [2.05, 4.69) is 44.0 Å². The monoisotopic (exact) mass is 249 g/mol. The van der Waals surface area contributed by atoms with E-state index in [0.29, 0.717) is 18.6 Å². The first-order valence-electron chi connectivity index (χ1n) is 6.74. The average Bonchev–Trinajstić information content (AvgIpc) is 2.37. The molecule has 2 rings (SSSR count). The van der Waals surface area contributed by atoms with E-state index in [0.717, 1.165) is 18.6 Å². The van der Waals surface area contributed by atoms with Gasteiger partial charge in [0.2, 0.25) is 0 Å². The summed E-state index contributed by atoms with van der Waals surface area (Å²) in [5.41, 5.74) is 2.52. The van der Waals surface area contributed by atoms with E-state index in [-0.39, 0.29) is 6.61 Å². The summed E-state index contributed by atoms with van der Waals surface area (Å²) in [5.74, 6) is 1.50. The van der Waals surface area contributed by atoms with Crippen molar-refractivity contribution < 1.29 is 9.84 Å². The van der Waals surface area contributed by atoms with Crippen LogP contribution < -0.4 is 9.64 Å². The van der Waals surface area contributed by atoms with Crippen molar-refractivity contribution in [3.8, 4) is 5.75 Å². The van der Waals surface area contributed by atoms with Gasteiger partial charge in [-0.05, 0) is 36.5 Å². The van der Waals surface area contributed by atoms with Crippen LogP contribution in [-0.2, 0) is 0 Å². The minimum absolute atomic E-state index is 0.253. The minimum atomic E-state index is 0.253. The van der Waals surface area contributed by atoms with Gasteiger partial charge in [-0.3, -0.25) is 0 Å². The third-order valence-corrected chi connectivity index (χ3v) is 3.70. The molecule has 1 aromatic rings. The van der Waals surface area contributed by atoms with Gasteiger partial charge in [-0.15, -0.1) is 0 Å². The molecule has 0 amide bonds. The number of anilines is 1. The van der Waals surface area contributed by atoms with Gasteiger partial charge in [-0.2, -0.15) is 0 Å². The Bertz CT molecular complexity index is 403. The number of rotatable bonds is 4. The molecule has 1 atom stereocenters. The number of fused-ring (bicyclic) bond motifs is 1. The fourth-order valence-electron chi connectivity index (χ4n) is 2.39. The molecule has 0 fully saturated rings. The third-order valence-electron chi connectivity index (χ3n) is 3.70. The number of ether oxygens (including phenoxy) is 1. The predicted molar refractivity (Wildman–Crippen MR) is 74.5 cm³/mol. The summed E-state index contributed by atoms with van der Waals surface area (Å²) in [4.78, 5) is 2.29. The summed E-state index contributed by atoms with van der Waals surface area (Å²) < 4.78 is 5.81. The second kappa shape index (κ2) is 5.61. The number of nitrogens with zero attached hydrogens (tertiary/aromatic N) is 1. The van der Waals surface area contributed by atoms with Crippen LogP contribution in [0.15, 0.2) is 18.2 Å². The second-order valence-electron chi connectivity index (χ2n) is 5.32. The maximum absolute atomic E-state index is 8.94. The summed E-state index contributed by atoms with van der Waals surface area (Å²) in [6.45, 7) is 5.37. The molecular weight excluding hydrogens is 226 g/mol. The zero-order valence-corrected chi connectivity index (χ0v) is 11.5. The molecule has 3 heteroatoms. The van der Waals surface area contributed by atoms with Gasteiger partial charge < -0.3 is 14.7 Å². The Balaban J connectivity index is 2.21. The van der Waals surface area contributed by atoms with Crippen LogP contribution in [0.1, 0.15) is 38.2 Å². The highest BCUT2D eigenvalue weighted by atomic mass is 16.5. The van der Waals surface area contributed by atoms with Crippen molar-refractivity contribution in [3.05, 3.63) is 23.8 Å².